The fraction of sp³-hybridized carbons (Fsp3) is 0.636. The fourth-order valence-corrected chi connectivity index (χ4v) is 2.50. The van der Waals surface area contributed by atoms with E-state index >= 15 is 0 Å². The summed E-state index contributed by atoms with van der Waals surface area (Å²) in [5.41, 5.74) is 0.619. The molecule has 0 aromatic carbocycles. The Labute approximate surface area is 108 Å². The number of unbranched alkanes of at least 4 members (excludes halogenated alkanes) is 1. The highest BCUT2D eigenvalue weighted by molar-refractivity contribution is 7.89. The third kappa shape index (κ3) is 6.63. The second kappa shape index (κ2) is 8.12. The Hall–Kier alpha value is -1.05. The minimum atomic E-state index is -3.21. The first-order valence-electron chi connectivity index (χ1n) is 6.08. The molecule has 0 fully saturated rings. The molecule has 0 radical (unpaired) electrons. The number of nitrogens with zero attached hydrogens (tertiary/aromatic N) is 2. The van der Waals surface area contributed by atoms with Crippen LogP contribution >= 0.6 is 0 Å². The molecule has 1 aromatic rings. The second-order valence-electron chi connectivity index (χ2n) is 3.92. The lowest BCUT2D eigenvalue weighted by Gasteiger charge is -2.06. The summed E-state index contributed by atoms with van der Waals surface area (Å²) in [4.78, 5) is 0. The third-order valence-electron chi connectivity index (χ3n) is 2.37. The molecule has 1 heterocycles. The van der Waals surface area contributed by atoms with E-state index in [2.05, 4.69) is 20.2 Å². The van der Waals surface area contributed by atoms with Gasteiger partial charge < -0.3 is 5.32 Å². The summed E-state index contributed by atoms with van der Waals surface area (Å²) >= 11 is 0. The molecule has 0 spiro atoms. The quantitative estimate of drug-likeness (QED) is 0.631. The number of nitrogens with one attached hydrogen (secondary N) is 2. The van der Waals surface area contributed by atoms with Crippen LogP contribution in [-0.4, -0.2) is 37.5 Å². The van der Waals surface area contributed by atoms with E-state index in [1.54, 1.807) is 18.3 Å². The zero-order valence-electron chi connectivity index (χ0n) is 10.6. The van der Waals surface area contributed by atoms with Crippen LogP contribution in [-0.2, 0) is 16.6 Å². The van der Waals surface area contributed by atoms with Gasteiger partial charge in [-0.3, -0.25) is 0 Å². The minimum Gasteiger partial charge on any atom is -0.317 e. The molecule has 0 amide bonds. The summed E-state index contributed by atoms with van der Waals surface area (Å²) in [6.45, 7) is 4.00. The molecule has 1 aromatic heterocycles. The molecule has 0 saturated carbocycles. The number of rotatable bonds is 9. The SMILES string of the molecule is CCNCCCCS(=O)(=O)NCc1cccnn1. The Bertz CT molecular complexity index is 422. The molecule has 0 atom stereocenters. The van der Waals surface area contributed by atoms with Gasteiger partial charge in [0.1, 0.15) is 0 Å². The summed E-state index contributed by atoms with van der Waals surface area (Å²) in [6.07, 6.45) is 3.07. The summed E-state index contributed by atoms with van der Waals surface area (Å²) in [7, 11) is -3.21. The highest BCUT2D eigenvalue weighted by Gasteiger charge is 2.09. The second-order valence-corrected chi connectivity index (χ2v) is 5.84. The van der Waals surface area contributed by atoms with Crippen molar-refractivity contribution >= 4 is 10.0 Å². The molecule has 0 unspecified atom stereocenters. The monoisotopic (exact) mass is 272 g/mol. The highest BCUT2D eigenvalue weighted by Crippen LogP contribution is 1.97. The molecule has 0 aliphatic carbocycles. The summed E-state index contributed by atoms with van der Waals surface area (Å²) in [5.74, 6) is 0.151. The van der Waals surface area contributed by atoms with Crippen molar-refractivity contribution in [3.8, 4) is 0 Å². The first-order valence-corrected chi connectivity index (χ1v) is 7.74. The maximum absolute atomic E-state index is 11.7. The van der Waals surface area contributed by atoms with E-state index in [0.29, 0.717) is 12.1 Å². The van der Waals surface area contributed by atoms with Crippen molar-refractivity contribution in [2.45, 2.75) is 26.3 Å². The average Bonchev–Trinajstić information content (AvgIpc) is 2.38. The van der Waals surface area contributed by atoms with Crippen LogP contribution in [0.3, 0.4) is 0 Å². The van der Waals surface area contributed by atoms with Crippen molar-refractivity contribution in [3.05, 3.63) is 24.0 Å². The first kappa shape index (κ1) is 15.0. The molecule has 18 heavy (non-hydrogen) atoms. The molecule has 0 aliphatic heterocycles. The van der Waals surface area contributed by atoms with Crippen molar-refractivity contribution < 1.29 is 8.42 Å². The predicted octanol–water partition coefficient (Wildman–Crippen LogP) is 0.286. The lowest BCUT2D eigenvalue weighted by Crippen LogP contribution is -2.27. The van der Waals surface area contributed by atoms with Crippen molar-refractivity contribution in [2.75, 3.05) is 18.8 Å². The van der Waals surface area contributed by atoms with Gasteiger partial charge in [-0.2, -0.15) is 10.2 Å². The maximum atomic E-state index is 11.7. The Morgan fingerprint density at radius 1 is 1.33 bits per heavy atom. The Balaban J connectivity index is 2.23. The number of sulfonamides is 1. The topological polar surface area (TPSA) is 84.0 Å². The molecule has 1 rings (SSSR count). The lowest BCUT2D eigenvalue weighted by atomic mass is 10.3. The van der Waals surface area contributed by atoms with Crippen LogP contribution in [0.4, 0.5) is 0 Å². The van der Waals surface area contributed by atoms with E-state index in [9.17, 15) is 8.42 Å². The largest absolute Gasteiger partial charge is 0.317 e. The molecule has 102 valence electrons. The third-order valence-corrected chi connectivity index (χ3v) is 3.78. The van der Waals surface area contributed by atoms with Crippen LogP contribution in [0.25, 0.3) is 0 Å². The van der Waals surface area contributed by atoms with Gasteiger partial charge in [-0.1, -0.05) is 6.92 Å². The number of hydrogen-bond acceptors (Lipinski definition) is 5. The van der Waals surface area contributed by atoms with Gasteiger partial charge in [0.2, 0.25) is 10.0 Å². The molecule has 0 saturated heterocycles. The van der Waals surface area contributed by atoms with Gasteiger partial charge in [0.25, 0.3) is 0 Å². The summed E-state index contributed by atoms with van der Waals surface area (Å²) in [5, 5.41) is 10.7. The van der Waals surface area contributed by atoms with Crippen LogP contribution in [0.15, 0.2) is 18.3 Å². The molecular formula is C11H20N4O2S. The molecule has 7 heteroatoms. The van der Waals surface area contributed by atoms with E-state index in [-0.39, 0.29) is 12.3 Å². The van der Waals surface area contributed by atoms with E-state index in [1.807, 2.05) is 6.92 Å². The predicted molar refractivity (Wildman–Crippen MR) is 70.4 cm³/mol. The van der Waals surface area contributed by atoms with E-state index in [0.717, 1.165) is 19.5 Å². The smallest absolute Gasteiger partial charge is 0.211 e. The summed E-state index contributed by atoms with van der Waals surface area (Å²) in [6, 6.07) is 3.47. The molecule has 0 aliphatic rings. The van der Waals surface area contributed by atoms with Crippen LogP contribution in [0, 0.1) is 0 Å². The van der Waals surface area contributed by atoms with E-state index < -0.39 is 10.0 Å². The molecule has 2 N–H and O–H groups in total. The van der Waals surface area contributed by atoms with Crippen molar-refractivity contribution in [3.63, 3.8) is 0 Å². The van der Waals surface area contributed by atoms with Gasteiger partial charge in [0.15, 0.2) is 0 Å². The molecule has 6 nitrogen and oxygen atoms in total. The van der Waals surface area contributed by atoms with Gasteiger partial charge >= 0.3 is 0 Å². The number of hydrogen-bond donors (Lipinski definition) is 2. The van der Waals surface area contributed by atoms with Crippen molar-refractivity contribution in [1.29, 1.82) is 0 Å². The minimum absolute atomic E-state index is 0.151. The van der Waals surface area contributed by atoms with Crippen LogP contribution in [0.1, 0.15) is 25.5 Å². The van der Waals surface area contributed by atoms with Gasteiger partial charge in [-0.15, -0.1) is 0 Å². The van der Waals surface area contributed by atoms with Gasteiger partial charge in [-0.05, 0) is 38.1 Å². The highest BCUT2D eigenvalue weighted by atomic mass is 32.2. The normalized spacial score (nSPS) is 11.6. The Morgan fingerprint density at radius 3 is 2.83 bits per heavy atom. The summed E-state index contributed by atoms with van der Waals surface area (Å²) < 4.78 is 25.8. The van der Waals surface area contributed by atoms with E-state index in [4.69, 9.17) is 0 Å². The van der Waals surface area contributed by atoms with E-state index in [1.165, 1.54) is 0 Å². The lowest BCUT2D eigenvalue weighted by molar-refractivity contribution is 0.573. The van der Waals surface area contributed by atoms with Gasteiger partial charge in [0, 0.05) is 6.20 Å². The van der Waals surface area contributed by atoms with Crippen LogP contribution in [0.2, 0.25) is 0 Å². The van der Waals surface area contributed by atoms with Crippen LogP contribution < -0.4 is 10.0 Å². The fourth-order valence-electron chi connectivity index (χ4n) is 1.40. The van der Waals surface area contributed by atoms with Gasteiger partial charge in [-0.25, -0.2) is 13.1 Å². The zero-order chi connectivity index (χ0) is 13.3. The molecular weight excluding hydrogens is 252 g/mol. The first-order chi connectivity index (χ1) is 8.64. The maximum Gasteiger partial charge on any atom is 0.211 e. The average molecular weight is 272 g/mol. The Morgan fingerprint density at radius 2 is 2.17 bits per heavy atom. The van der Waals surface area contributed by atoms with Crippen molar-refractivity contribution in [2.24, 2.45) is 0 Å². The number of aromatic nitrogens is 2. The zero-order valence-corrected chi connectivity index (χ0v) is 11.4. The van der Waals surface area contributed by atoms with Gasteiger partial charge in [0.05, 0.1) is 18.0 Å². The molecule has 0 bridgehead atoms. The Kier molecular flexibility index (Phi) is 6.77. The van der Waals surface area contributed by atoms with Crippen LogP contribution in [0.5, 0.6) is 0 Å². The standard InChI is InChI=1S/C11H20N4O2S/c1-2-12-7-3-4-9-18(16,17)14-10-11-6-5-8-13-15-11/h5-6,8,12,14H,2-4,7,9-10H2,1H3. The van der Waals surface area contributed by atoms with Crippen molar-refractivity contribution in [1.82, 2.24) is 20.2 Å².